The van der Waals surface area contributed by atoms with E-state index in [9.17, 15) is 9.18 Å². The van der Waals surface area contributed by atoms with Crippen LogP contribution in [-0.2, 0) is 0 Å². The summed E-state index contributed by atoms with van der Waals surface area (Å²) in [4.78, 5) is 14.8. The van der Waals surface area contributed by atoms with E-state index < -0.39 is 5.82 Å². The van der Waals surface area contributed by atoms with Crippen molar-refractivity contribution in [1.82, 2.24) is 10.2 Å². The number of carbonyl (C=O) groups is 1. The zero-order valence-corrected chi connectivity index (χ0v) is 13.7. The predicted molar refractivity (Wildman–Crippen MR) is 83.8 cm³/mol. The van der Waals surface area contributed by atoms with Crippen LogP contribution in [0, 0.1) is 5.82 Å². The third-order valence-corrected chi connectivity index (χ3v) is 5.53. The van der Waals surface area contributed by atoms with E-state index in [4.69, 9.17) is 0 Å². The van der Waals surface area contributed by atoms with Crippen molar-refractivity contribution in [2.75, 3.05) is 7.05 Å². The normalized spacial score (nSPS) is 29.2. The molecule has 0 aromatic heterocycles. The summed E-state index contributed by atoms with van der Waals surface area (Å²) in [6.07, 6.45) is 5.60. The number of fused-ring (bicyclic) bond motifs is 2. The van der Waals surface area contributed by atoms with Gasteiger partial charge in [-0.15, -0.1) is 0 Å². The molecule has 1 amide bonds. The molecule has 2 atom stereocenters. The minimum Gasteiger partial charge on any atom is -0.349 e. The summed E-state index contributed by atoms with van der Waals surface area (Å²) in [5.74, 6) is -0.789. The molecule has 2 saturated heterocycles. The Morgan fingerprint density at radius 3 is 2.62 bits per heavy atom. The molecule has 0 saturated carbocycles. The Morgan fingerprint density at radius 2 is 2.00 bits per heavy atom. The van der Waals surface area contributed by atoms with Crippen molar-refractivity contribution in [1.29, 1.82) is 0 Å². The number of piperidine rings is 2. The SMILES string of the molecule is CN1C2CCCC1CC(NC(=O)c1c(F)cccc1Br)C2. The van der Waals surface area contributed by atoms with Crippen LogP contribution in [0.25, 0.3) is 0 Å². The maximum atomic E-state index is 13.8. The van der Waals surface area contributed by atoms with E-state index in [0.717, 1.165) is 12.8 Å². The van der Waals surface area contributed by atoms with Crippen LogP contribution < -0.4 is 5.32 Å². The number of benzene rings is 1. The molecule has 1 aromatic carbocycles. The summed E-state index contributed by atoms with van der Waals surface area (Å²) in [5.41, 5.74) is 0.113. The molecule has 2 aliphatic heterocycles. The van der Waals surface area contributed by atoms with Crippen molar-refractivity contribution in [3.63, 3.8) is 0 Å². The summed E-state index contributed by atoms with van der Waals surface area (Å²) < 4.78 is 14.4. The lowest BCUT2D eigenvalue weighted by Crippen LogP contribution is -2.55. The van der Waals surface area contributed by atoms with E-state index in [1.807, 2.05) is 0 Å². The van der Waals surface area contributed by atoms with Crippen LogP contribution in [0.3, 0.4) is 0 Å². The number of carbonyl (C=O) groups excluding carboxylic acids is 1. The minimum atomic E-state index is -0.477. The Labute approximate surface area is 133 Å². The Balaban J connectivity index is 1.71. The quantitative estimate of drug-likeness (QED) is 0.883. The first-order chi connectivity index (χ1) is 10.1. The van der Waals surface area contributed by atoms with Crippen LogP contribution in [0.4, 0.5) is 4.39 Å². The number of nitrogens with zero attached hydrogens (tertiary/aromatic N) is 1. The summed E-state index contributed by atoms with van der Waals surface area (Å²) in [6.45, 7) is 0. The van der Waals surface area contributed by atoms with Crippen LogP contribution in [0.1, 0.15) is 42.5 Å². The zero-order valence-electron chi connectivity index (χ0n) is 12.1. The highest BCUT2D eigenvalue weighted by atomic mass is 79.9. The Morgan fingerprint density at radius 1 is 1.33 bits per heavy atom. The molecular weight excluding hydrogens is 335 g/mol. The van der Waals surface area contributed by atoms with Gasteiger partial charge in [0.25, 0.3) is 5.91 Å². The van der Waals surface area contributed by atoms with Gasteiger partial charge in [-0.25, -0.2) is 4.39 Å². The van der Waals surface area contributed by atoms with Crippen LogP contribution in [0.5, 0.6) is 0 Å². The van der Waals surface area contributed by atoms with Crippen molar-refractivity contribution in [2.45, 2.75) is 50.2 Å². The topological polar surface area (TPSA) is 32.3 Å². The molecule has 2 fully saturated rings. The van der Waals surface area contributed by atoms with Gasteiger partial charge in [-0.3, -0.25) is 4.79 Å². The fourth-order valence-corrected chi connectivity index (χ4v) is 4.23. The summed E-state index contributed by atoms with van der Waals surface area (Å²) in [7, 11) is 2.18. The molecular formula is C16H20BrFN2O. The Hall–Kier alpha value is -0.940. The molecule has 2 unspecified atom stereocenters. The standard InChI is InChI=1S/C16H20BrFN2O/c1-20-11-4-2-5-12(20)9-10(8-11)19-16(21)15-13(17)6-3-7-14(15)18/h3,6-7,10-12H,2,4-5,8-9H2,1H3,(H,19,21). The van der Waals surface area contributed by atoms with Gasteiger partial charge in [0.2, 0.25) is 0 Å². The second kappa shape index (κ2) is 6.05. The van der Waals surface area contributed by atoms with Crippen molar-refractivity contribution < 1.29 is 9.18 Å². The minimum absolute atomic E-state index is 0.113. The molecule has 3 nitrogen and oxygen atoms in total. The molecule has 1 N–H and O–H groups in total. The van der Waals surface area contributed by atoms with Gasteiger partial charge in [-0.2, -0.15) is 0 Å². The van der Waals surface area contributed by atoms with Gasteiger partial charge in [-0.1, -0.05) is 12.5 Å². The van der Waals surface area contributed by atoms with E-state index in [0.29, 0.717) is 16.6 Å². The number of nitrogens with one attached hydrogen (secondary N) is 1. The summed E-state index contributed by atoms with van der Waals surface area (Å²) in [6, 6.07) is 5.86. The lowest BCUT2D eigenvalue weighted by atomic mass is 9.82. The third kappa shape index (κ3) is 2.99. The highest BCUT2D eigenvalue weighted by Gasteiger charge is 2.36. The summed E-state index contributed by atoms with van der Waals surface area (Å²) >= 11 is 3.26. The van der Waals surface area contributed by atoms with E-state index in [-0.39, 0.29) is 17.5 Å². The maximum Gasteiger partial charge on any atom is 0.255 e. The maximum absolute atomic E-state index is 13.8. The number of hydrogen-bond donors (Lipinski definition) is 1. The van der Waals surface area contributed by atoms with E-state index >= 15 is 0 Å². The Bertz CT molecular complexity index is 517. The third-order valence-electron chi connectivity index (χ3n) is 4.86. The highest BCUT2D eigenvalue weighted by Crippen LogP contribution is 2.33. The number of rotatable bonds is 2. The number of amides is 1. The van der Waals surface area contributed by atoms with Crippen LogP contribution >= 0.6 is 15.9 Å². The molecule has 2 heterocycles. The van der Waals surface area contributed by atoms with Gasteiger partial charge < -0.3 is 10.2 Å². The molecule has 5 heteroatoms. The molecule has 2 aliphatic rings. The fraction of sp³-hybridized carbons (Fsp3) is 0.562. The van der Waals surface area contributed by atoms with Gasteiger partial charge in [0.1, 0.15) is 5.82 Å². The van der Waals surface area contributed by atoms with Gasteiger partial charge in [0.05, 0.1) is 5.56 Å². The summed E-state index contributed by atoms with van der Waals surface area (Å²) in [5, 5.41) is 3.03. The first-order valence-electron chi connectivity index (χ1n) is 7.53. The monoisotopic (exact) mass is 354 g/mol. The second-order valence-electron chi connectivity index (χ2n) is 6.14. The molecule has 3 rings (SSSR count). The molecule has 0 aliphatic carbocycles. The molecule has 114 valence electrons. The van der Waals surface area contributed by atoms with Crippen LogP contribution in [0.2, 0.25) is 0 Å². The van der Waals surface area contributed by atoms with Crippen molar-refractivity contribution in [2.24, 2.45) is 0 Å². The molecule has 2 bridgehead atoms. The van der Waals surface area contributed by atoms with E-state index in [1.165, 1.54) is 25.3 Å². The number of hydrogen-bond acceptors (Lipinski definition) is 2. The molecule has 1 aromatic rings. The van der Waals surface area contributed by atoms with Crippen molar-refractivity contribution in [3.05, 3.63) is 34.1 Å². The van der Waals surface area contributed by atoms with Gasteiger partial charge in [0.15, 0.2) is 0 Å². The van der Waals surface area contributed by atoms with Gasteiger partial charge >= 0.3 is 0 Å². The molecule has 0 radical (unpaired) electrons. The zero-order chi connectivity index (χ0) is 15.0. The van der Waals surface area contributed by atoms with Crippen LogP contribution in [-0.4, -0.2) is 36.0 Å². The average Bonchev–Trinajstić information content (AvgIpc) is 2.39. The average molecular weight is 355 g/mol. The number of halogens is 2. The predicted octanol–water partition coefficient (Wildman–Crippen LogP) is 3.33. The molecule has 21 heavy (non-hydrogen) atoms. The van der Waals surface area contributed by atoms with Gasteiger partial charge in [0, 0.05) is 22.6 Å². The van der Waals surface area contributed by atoms with E-state index in [2.05, 4.69) is 33.2 Å². The molecule has 0 spiro atoms. The van der Waals surface area contributed by atoms with Gasteiger partial charge in [-0.05, 0) is 60.8 Å². The second-order valence-corrected chi connectivity index (χ2v) is 7.00. The first-order valence-corrected chi connectivity index (χ1v) is 8.32. The van der Waals surface area contributed by atoms with Crippen LogP contribution in [0.15, 0.2) is 22.7 Å². The smallest absolute Gasteiger partial charge is 0.255 e. The lowest BCUT2D eigenvalue weighted by Gasteiger charge is -2.47. The highest BCUT2D eigenvalue weighted by molar-refractivity contribution is 9.10. The lowest BCUT2D eigenvalue weighted by molar-refractivity contribution is 0.0462. The van der Waals surface area contributed by atoms with Crippen molar-refractivity contribution >= 4 is 21.8 Å². The van der Waals surface area contributed by atoms with E-state index in [1.54, 1.807) is 12.1 Å². The van der Waals surface area contributed by atoms with Crippen molar-refractivity contribution in [3.8, 4) is 0 Å². The fourth-order valence-electron chi connectivity index (χ4n) is 3.71. The Kier molecular flexibility index (Phi) is 4.31. The largest absolute Gasteiger partial charge is 0.349 e. The first kappa shape index (κ1) is 15.0.